The van der Waals surface area contributed by atoms with Crippen molar-refractivity contribution in [2.24, 2.45) is 11.8 Å². The number of thiophene rings is 1. The molecule has 0 bridgehead atoms. The third-order valence-corrected chi connectivity index (χ3v) is 5.99. The number of alkyl halides is 3. The molecule has 0 spiro atoms. The van der Waals surface area contributed by atoms with E-state index in [2.05, 4.69) is 10.1 Å². The number of halogens is 3. The van der Waals surface area contributed by atoms with Crippen LogP contribution in [0.25, 0.3) is 10.4 Å². The smallest absolute Gasteiger partial charge is 0.406 e. The van der Waals surface area contributed by atoms with E-state index in [4.69, 9.17) is 0 Å². The van der Waals surface area contributed by atoms with Gasteiger partial charge < -0.3 is 15.0 Å². The Kier molecular flexibility index (Phi) is 4.40. The van der Waals surface area contributed by atoms with Crippen LogP contribution in [0.4, 0.5) is 13.2 Å². The summed E-state index contributed by atoms with van der Waals surface area (Å²) in [4.78, 5) is 16.1. The number of hydrogen-bond acceptors (Lipinski definition) is 4. The van der Waals surface area contributed by atoms with Crippen molar-refractivity contribution in [3.63, 3.8) is 0 Å². The molecule has 0 radical (unpaired) electrons. The summed E-state index contributed by atoms with van der Waals surface area (Å²) >= 11 is 1.36. The van der Waals surface area contributed by atoms with Gasteiger partial charge in [-0.2, -0.15) is 0 Å². The van der Waals surface area contributed by atoms with E-state index in [1.54, 1.807) is 18.2 Å². The van der Waals surface area contributed by atoms with Crippen molar-refractivity contribution in [2.75, 3.05) is 26.2 Å². The molecule has 0 unspecified atom stereocenters. The number of carbonyl (C=O) groups is 1. The number of benzene rings is 1. The van der Waals surface area contributed by atoms with Gasteiger partial charge in [0.25, 0.3) is 5.91 Å². The highest BCUT2D eigenvalue weighted by Crippen LogP contribution is 2.33. The lowest BCUT2D eigenvalue weighted by molar-refractivity contribution is -0.274. The van der Waals surface area contributed by atoms with Gasteiger partial charge in [0.15, 0.2) is 0 Å². The van der Waals surface area contributed by atoms with Crippen LogP contribution in [0.1, 0.15) is 9.67 Å². The zero-order chi connectivity index (χ0) is 18.3. The average Bonchev–Trinajstić information content (AvgIpc) is 3.29. The quantitative estimate of drug-likeness (QED) is 0.882. The van der Waals surface area contributed by atoms with Crippen molar-refractivity contribution in [1.82, 2.24) is 10.2 Å². The first-order valence-corrected chi connectivity index (χ1v) is 9.17. The maximum absolute atomic E-state index is 12.7. The molecular weight excluding hydrogens is 365 g/mol. The molecule has 2 aromatic rings. The van der Waals surface area contributed by atoms with E-state index in [9.17, 15) is 18.0 Å². The second-order valence-corrected chi connectivity index (χ2v) is 7.71. The van der Waals surface area contributed by atoms with E-state index in [0.29, 0.717) is 16.7 Å². The van der Waals surface area contributed by atoms with Crippen LogP contribution in [0.2, 0.25) is 0 Å². The zero-order valence-electron chi connectivity index (χ0n) is 13.8. The van der Waals surface area contributed by atoms with Gasteiger partial charge in [-0.25, -0.2) is 0 Å². The van der Waals surface area contributed by atoms with Crippen LogP contribution < -0.4 is 10.1 Å². The van der Waals surface area contributed by atoms with Gasteiger partial charge in [0.2, 0.25) is 0 Å². The topological polar surface area (TPSA) is 41.6 Å². The maximum atomic E-state index is 12.7. The van der Waals surface area contributed by atoms with Crippen LogP contribution >= 0.6 is 11.3 Å². The fourth-order valence-electron chi connectivity index (χ4n) is 3.61. The molecule has 2 aliphatic heterocycles. The predicted octanol–water partition coefficient (Wildman–Crippen LogP) is 3.61. The first-order valence-electron chi connectivity index (χ1n) is 8.35. The number of ether oxygens (including phenoxy) is 1. The highest BCUT2D eigenvalue weighted by Gasteiger charge is 2.38. The van der Waals surface area contributed by atoms with Gasteiger partial charge in [-0.3, -0.25) is 4.79 Å². The molecule has 1 amide bonds. The molecule has 3 heterocycles. The Labute approximate surface area is 152 Å². The molecule has 1 aromatic heterocycles. The first kappa shape index (κ1) is 17.4. The van der Waals surface area contributed by atoms with Crippen molar-refractivity contribution in [1.29, 1.82) is 0 Å². The molecule has 8 heteroatoms. The number of likely N-dealkylation sites (tertiary alicyclic amines) is 1. The van der Waals surface area contributed by atoms with Crippen molar-refractivity contribution >= 4 is 17.2 Å². The molecule has 4 rings (SSSR count). The van der Waals surface area contributed by atoms with Crippen molar-refractivity contribution in [2.45, 2.75) is 6.36 Å². The summed E-state index contributed by atoms with van der Waals surface area (Å²) < 4.78 is 40.5. The van der Waals surface area contributed by atoms with Gasteiger partial charge >= 0.3 is 6.36 Å². The molecule has 2 fully saturated rings. The minimum atomic E-state index is -4.70. The SMILES string of the molecule is O=C(c1ccc(-c2ccc(OC(F)(F)F)cc2)s1)N1C[C@H]2CNC[C@H]2C1. The van der Waals surface area contributed by atoms with Gasteiger partial charge in [-0.1, -0.05) is 0 Å². The Hall–Kier alpha value is -2.06. The largest absolute Gasteiger partial charge is 0.573 e. The predicted molar refractivity (Wildman–Crippen MR) is 92.2 cm³/mol. The molecule has 0 aliphatic carbocycles. The minimum Gasteiger partial charge on any atom is -0.406 e. The number of carbonyl (C=O) groups excluding carboxylic acids is 1. The van der Waals surface area contributed by atoms with E-state index >= 15 is 0 Å². The maximum Gasteiger partial charge on any atom is 0.573 e. The fraction of sp³-hybridized carbons (Fsp3) is 0.389. The van der Waals surface area contributed by atoms with E-state index in [1.807, 2.05) is 11.0 Å². The third-order valence-electron chi connectivity index (χ3n) is 4.87. The number of nitrogens with zero attached hydrogens (tertiary/aromatic N) is 1. The summed E-state index contributed by atoms with van der Waals surface area (Å²) in [5, 5.41) is 3.35. The summed E-state index contributed by atoms with van der Waals surface area (Å²) in [7, 11) is 0. The molecular formula is C18H17F3N2O2S. The number of fused-ring (bicyclic) bond motifs is 1. The Morgan fingerprint density at radius 3 is 2.35 bits per heavy atom. The van der Waals surface area contributed by atoms with Gasteiger partial charge in [0, 0.05) is 31.1 Å². The Morgan fingerprint density at radius 2 is 1.73 bits per heavy atom. The molecule has 0 saturated carbocycles. The number of hydrogen-bond donors (Lipinski definition) is 1. The lowest BCUT2D eigenvalue weighted by Gasteiger charge is -2.16. The molecule has 26 heavy (non-hydrogen) atoms. The summed E-state index contributed by atoms with van der Waals surface area (Å²) in [5.74, 6) is 0.859. The zero-order valence-corrected chi connectivity index (χ0v) is 14.6. The molecule has 2 saturated heterocycles. The van der Waals surface area contributed by atoms with Gasteiger partial charge in [-0.15, -0.1) is 24.5 Å². The molecule has 1 N–H and O–H groups in total. The second-order valence-electron chi connectivity index (χ2n) is 6.62. The second kappa shape index (κ2) is 6.59. The standard InChI is InChI=1S/C18H17F3N2O2S/c19-18(20,21)25-14-3-1-11(2-4-14)15-5-6-16(26-15)17(24)23-9-12-7-22-8-13(12)10-23/h1-6,12-13,22H,7-10H2/t12-,13+. The van der Waals surface area contributed by atoms with Crippen LogP contribution in [0.15, 0.2) is 36.4 Å². The van der Waals surface area contributed by atoms with Crippen LogP contribution in [0.3, 0.4) is 0 Å². The minimum absolute atomic E-state index is 0.0349. The lowest BCUT2D eigenvalue weighted by atomic mass is 10.0. The highest BCUT2D eigenvalue weighted by atomic mass is 32.1. The Bertz CT molecular complexity index is 792. The molecule has 138 valence electrons. The van der Waals surface area contributed by atoms with Gasteiger partial charge in [0.1, 0.15) is 5.75 Å². The van der Waals surface area contributed by atoms with Crippen molar-refractivity contribution in [3.8, 4) is 16.2 Å². The van der Waals surface area contributed by atoms with Crippen molar-refractivity contribution < 1.29 is 22.7 Å². The molecule has 1 aromatic carbocycles. The molecule has 2 atom stereocenters. The van der Waals surface area contributed by atoms with Crippen LogP contribution in [0, 0.1) is 11.8 Å². The fourth-order valence-corrected chi connectivity index (χ4v) is 4.59. The molecule has 2 aliphatic rings. The summed E-state index contributed by atoms with van der Waals surface area (Å²) in [6.45, 7) is 3.51. The van der Waals surface area contributed by atoms with Crippen LogP contribution in [-0.2, 0) is 0 Å². The lowest BCUT2D eigenvalue weighted by Crippen LogP contribution is -2.31. The monoisotopic (exact) mass is 382 g/mol. The normalized spacial score (nSPS) is 22.5. The first-order chi connectivity index (χ1) is 12.4. The van der Waals surface area contributed by atoms with Gasteiger partial charge in [0.05, 0.1) is 4.88 Å². The molecule has 4 nitrogen and oxygen atoms in total. The number of nitrogens with one attached hydrogen (secondary N) is 1. The highest BCUT2D eigenvalue weighted by molar-refractivity contribution is 7.17. The summed E-state index contributed by atoms with van der Waals surface area (Å²) in [6, 6.07) is 9.29. The van der Waals surface area contributed by atoms with E-state index < -0.39 is 6.36 Å². The average molecular weight is 382 g/mol. The summed E-state index contributed by atoms with van der Waals surface area (Å²) in [6.07, 6.45) is -4.70. The van der Waals surface area contributed by atoms with E-state index in [-0.39, 0.29) is 11.7 Å². The third kappa shape index (κ3) is 3.57. The number of amides is 1. The van der Waals surface area contributed by atoms with Crippen LogP contribution in [0.5, 0.6) is 5.75 Å². The van der Waals surface area contributed by atoms with Gasteiger partial charge in [-0.05, 0) is 53.8 Å². The number of rotatable bonds is 3. The summed E-state index contributed by atoms with van der Waals surface area (Å²) in [5.41, 5.74) is 0.756. The van der Waals surface area contributed by atoms with Crippen molar-refractivity contribution in [3.05, 3.63) is 41.3 Å². The van der Waals surface area contributed by atoms with Crippen LogP contribution in [-0.4, -0.2) is 43.3 Å². The van der Waals surface area contributed by atoms with E-state index in [0.717, 1.165) is 36.6 Å². The van der Waals surface area contributed by atoms with E-state index in [1.165, 1.54) is 23.5 Å². The Morgan fingerprint density at radius 1 is 1.08 bits per heavy atom. The Balaban J connectivity index is 1.45.